The van der Waals surface area contributed by atoms with Crippen LogP contribution in [0.5, 0.6) is 5.88 Å². The molecule has 1 aromatic heterocycles. The lowest BCUT2D eigenvalue weighted by Crippen LogP contribution is -2.42. The van der Waals surface area contributed by atoms with E-state index >= 15 is 0 Å². The van der Waals surface area contributed by atoms with E-state index in [-0.39, 0.29) is 0 Å². The molecule has 0 radical (unpaired) electrons. The summed E-state index contributed by atoms with van der Waals surface area (Å²) < 4.78 is 5.16. The number of piperidine rings is 1. The number of aromatic nitrogens is 2. The van der Waals surface area contributed by atoms with E-state index < -0.39 is 0 Å². The zero-order valence-corrected chi connectivity index (χ0v) is 14.1. The number of carbonyl (C=O) groups is 1. The highest BCUT2D eigenvalue weighted by atomic mass is 16.5. The highest BCUT2D eigenvalue weighted by molar-refractivity contribution is 5.79. The SMILES string of the molecule is COc1cc(N2CCC(CN(C)C(=O)C3CCC3)CC2)ncn1. The van der Waals surface area contributed by atoms with Crippen LogP contribution in [0.1, 0.15) is 32.1 Å². The van der Waals surface area contributed by atoms with Gasteiger partial charge in [-0.25, -0.2) is 9.97 Å². The number of hydrogen-bond donors (Lipinski definition) is 0. The number of ether oxygens (including phenoxy) is 1. The predicted octanol–water partition coefficient (Wildman–Crippen LogP) is 1.96. The number of nitrogens with zero attached hydrogens (tertiary/aromatic N) is 4. The van der Waals surface area contributed by atoms with E-state index in [0.717, 1.165) is 51.1 Å². The molecule has 1 amide bonds. The van der Waals surface area contributed by atoms with Gasteiger partial charge in [0.25, 0.3) is 0 Å². The smallest absolute Gasteiger partial charge is 0.225 e. The molecule has 0 bridgehead atoms. The molecule has 126 valence electrons. The summed E-state index contributed by atoms with van der Waals surface area (Å²) in [4.78, 5) is 24.9. The highest BCUT2D eigenvalue weighted by Gasteiger charge is 2.29. The van der Waals surface area contributed by atoms with E-state index in [4.69, 9.17) is 4.74 Å². The summed E-state index contributed by atoms with van der Waals surface area (Å²) in [5.41, 5.74) is 0. The molecular formula is C17H26N4O2. The second kappa shape index (κ2) is 7.15. The van der Waals surface area contributed by atoms with E-state index in [1.807, 2.05) is 18.0 Å². The van der Waals surface area contributed by atoms with Crippen LogP contribution in [-0.2, 0) is 4.79 Å². The van der Waals surface area contributed by atoms with Gasteiger partial charge in [-0.2, -0.15) is 0 Å². The normalized spacial score (nSPS) is 19.3. The quantitative estimate of drug-likeness (QED) is 0.830. The number of methoxy groups -OCH3 is 1. The first-order valence-electron chi connectivity index (χ1n) is 8.53. The molecule has 6 heteroatoms. The first-order chi connectivity index (χ1) is 11.2. The first kappa shape index (κ1) is 16.0. The van der Waals surface area contributed by atoms with Crippen LogP contribution in [0.3, 0.4) is 0 Å². The number of carbonyl (C=O) groups excluding carboxylic acids is 1. The van der Waals surface area contributed by atoms with E-state index in [9.17, 15) is 4.79 Å². The van der Waals surface area contributed by atoms with Crippen LogP contribution in [0, 0.1) is 11.8 Å². The molecule has 2 fully saturated rings. The number of anilines is 1. The molecule has 0 N–H and O–H groups in total. The maximum atomic E-state index is 12.2. The lowest BCUT2D eigenvalue weighted by molar-refractivity contribution is -0.137. The van der Waals surface area contributed by atoms with Gasteiger partial charge in [-0.3, -0.25) is 4.79 Å². The molecule has 23 heavy (non-hydrogen) atoms. The Kier molecular flexibility index (Phi) is 4.98. The van der Waals surface area contributed by atoms with Crippen molar-refractivity contribution >= 4 is 11.7 Å². The summed E-state index contributed by atoms with van der Waals surface area (Å²) in [6.45, 7) is 2.82. The molecule has 1 saturated carbocycles. The predicted molar refractivity (Wildman–Crippen MR) is 88.5 cm³/mol. The first-order valence-corrected chi connectivity index (χ1v) is 8.53. The summed E-state index contributed by atoms with van der Waals surface area (Å²) in [6.07, 6.45) is 7.11. The monoisotopic (exact) mass is 318 g/mol. The Bertz CT molecular complexity index is 539. The van der Waals surface area contributed by atoms with Gasteiger partial charge in [0.2, 0.25) is 11.8 Å². The fraction of sp³-hybridized carbons (Fsp3) is 0.706. The van der Waals surface area contributed by atoms with Crippen molar-refractivity contribution in [3.63, 3.8) is 0 Å². The van der Waals surface area contributed by atoms with E-state index in [0.29, 0.717) is 23.6 Å². The second-order valence-corrected chi connectivity index (χ2v) is 6.70. The van der Waals surface area contributed by atoms with E-state index in [2.05, 4.69) is 14.9 Å². The maximum Gasteiger partial charge on any atom is 0.225 e. The average Bonchev–Trinajstić information content (AvgIpc) is 2.54. The summed E-state index contributed by atoms with van der Waals surface area (Å²) in [7, 11) is 3.58. The van der Waals surface area contributed by atoms with Gasteiger partial charge in [-0.05, 0) is 31.6 Å². The highest BCUT2D eigenvalue weighted by Crippen LogP contribution is 2.29. The topological polar surface area (TPSA) is 58.6 Å². The van der Waals surface area contributed by atoms with Crippen LogP contribution >= 0.6 is 0 Å². The minimum Gasteiger partial charge on any atom is -0.481 e. The molecule has 0 atom stereocenters. The molecule has 2 aliphatic rings. The van der Waals surface area contributed by atoms with Gasteiger partial charge in [0.05, 0.1) is 7.11 Å². The minimum atomic E-state index is 0.300. The molecule has 6 nitrogen and oxygen atoms in total. The molecule has 1 aliphatic carbocycles. The van der Waals surface area contributed by atoms with Gasteiger partial charge in [-0.15, -0.1) is 0 Å². The van der Waals surface area contributed by atoms with Crippen molar-refractivity contribution in [1.29, 1.82) is 0 Å². The van der Waals surface area contributed by atoms with Crippen LogP contribution in [0.4, 0.5) is 5.82 Å². The van der Waals surface area contributed by atoms with E-state index in [1.165, 1.54) is 6.42 Å². The van der Waals surface area contributed by atoms with Gasteiger partial charge in [0.1, 0.15) is 12.1 Å². The Morgan fingerprint density at radius 2 is 2.04 bits per heavy atom. The summed E-state index contributed by atoms with van der Waals surface area (Å²) >= 11 is 0. The summed E-state index contributed by atoms with van der Waals surface area (Å²) in [6, 6.07) is 1.88. The molecule has 1 aliphatic heterocycles. The van der Waals surface area contributed by atoms with Gasteiger partial charge >= 0.3 is 0 Å². The Labute approximate surface area is 137 Å². The summed E-state index contributed by atoms with van der Waals surface area (Å²) in [5, 5.41) is 0. The zero-order valence-electron chi connectivity index (χ0n) is 14.1. The van der Waals surface area contributed by atoms with Crippen LogP contribution < -0.4 is 9.64 Å². The van der Waals surface area contributed by atoms with Gasteiger partial charge in [0, 0.05) is 38.7 Å². The van der Waals surface area contributed by atoms with Crippen LogP contribution in [0.2, 0.25) is 0 Å². The lowest BCUT2D eigenvalue weighted by Gasteiger charge is -2.36. The fourth-order valence-electron chi connectivity index (χ4n) is 3.40. The molecular weight excluding hydrogens is 292 g/mol. The lowest BCUT2D eigenvalue weighted by atomic mass is 9.84. The van der Waals surface area contributed by atoms with E-state index in [1.54, 1.807) is 13.4 Å². The third kappa shape index (κ3) is 3.74. The molecule has 0 unspecified atom stereocenters. The van der Waals surface area contributed by atoms with Crippen molar-refractivity contribution in [3.05, 3.63) is 12.4 Å². The zero-order chi connectivity index (χ0) is 16.2. The second-order valence-electron chi connectivity index (χ2n) is 6.70. The molecule has 0 aromatic carbocycles. The molecule has 0 spiro atoms. The Morgan fingerprint density at radius 3 is 2.65 bits per heavy atom. The van der Waals surface area contributed by atoms with Crippen LogP contribution in [0.25, 0.3) is 0 Å². The van der Waals surface area contributed by atoms with Crippen molar-refractivity contribution in [3.8, 4) is 5.88 Å². The van der Waals surface area contributed by atoms with Gasteiger partial charge in [-0.1, -0.05) is 6.42 Å². The maximum absolute atomic E-state index is 12.2. The van der Waals surface area contributed by atoms with Crippen molar-refractivity contribution < 1.29 is 9.53 Å². The van der Waals surface area contributed by atoms with Crippen molar-refractivity contribution in [1.82, 2.24) is 14.9 Å². The number of hydrogen-bond acceptors (Lipinski definition) is 5. The number of amides is 1. The Morgan fingerprint density at radius 1 is 1.30 bits per heavy atom. The largest absolute Gasteiger partial charge is 0.481 e. The third-order valence-corrected chi connectivity index (χ3v) is 5.14. The average molecular weight is 318 g/mol. The molecule has 2 heterocycles. The molecule has 1 saturated heterocycles. The Hall–Kier alpha value is -1.85. The van der Waals surface area contributed by atoms with Crippen LogP contribution in [0.15, 0.2) is 12.4 Å². The van der Waals surface area contributed by atoms with Crippen LogP contribution in [-0.4, -0.2) is 54.6 Å². The molecule has 1 aromatic rings. The Balaban J connectivity index is 1.48. The molecule has 3 rings (SSSR count). The minimum absolute atomic E-state index is 0.300. The third-order valence-electron chi connectivity index (χ3n) is 5.14. The van der Waals surface area contributed by atoms with Gasteiger partial charge < -0.3 is 14.5 Å². The van der Waals surface area contributed by atoms with Gasteiger partial charge in [0.15, 0.2) is 0 Å². The van der Waals surface area contributed by atoms with Crippen molar-refractivity contribution in [2.75, 3.05) is 38.7 Å². The van der Waals surface area contributed by atoms with Crippen molar-refractivity contribution in [2.24, 2.45) is 11.8 Å². The number of rotatable bonds is 5. The summed E-state index contributed by atoms with van der Waals surface area (Å²) in [5.74, 6) is 2.76. The fourth-order valence-corrected chi connectivity index (χ4v) is 3.40. The van der Waals surface area contributed by atoms with Crippen molar-refractivity contribution in [2.45, 2.75) is 32.1 Å². The standard InChI is InChI=1S/C17H26N4O2/c1-20(17(22)14-4-3-5-14)11-13-6-8-21(9-7-13)15-10-16(23-2)19-12-18-15/h10,12-14H,3-9,11H2,1-2H3.